The normalized spacial score (nSPS) is 13.5. The highest BCUT2D eigenvalue weighted by Gasteiger charge is 2.30. The Morgan fingerprint density at radius 1 is 1.31 bits per heavy atom. The number of aliphatic carboxylic acids is 1. The molecule has 13 heteroatoms. The maximum atomic E-state index is 12.8. The molecule has 4 heterocycles. The van der Waals surface area contributed by atoms with Gasteiger partial charge in [0.25, 0.3) is 5.91 Å². The molecule has 0 aliphatic carbocycles. The number of likely N-dealkylation sites (tertiary alicyclic amines) is 1. The van der Waals surface area contributed by atoms with Crippen molar-refractivity contribution in [3.8, 4) is 17.5 Å². The standard InChI is InChI=1S/C22H17ClN8O4/c23-12-1-2-13-16(3-12)31(10-18(33)34)29-19(13)15-6-26-21-20(28-15)14(5-25-21)22(35)27-7-17(32)30-8-11(4-24)9-30/h1-3,5-6,11H,7-10H2,(H,25,26)(H,27,35)(H,33,34). The van der Waals surface area contributed by atoms with Crippen LogP contribution in [0.25, 0.3) is 33.5 Å². The zero-order valence-corrected chi connectivity index (χ0v) is 18.8. The van der Waals surface area contributed by atoms with Gasteiger partial charge in [-0.1, -0.05) is 11.6 Å². The summed E-state index contributed by atoms with van der Waals surface area (Å²) >= 11 is 6.09. The SMILES string of the molecule is N#CC1CN(C(=O)CNC(=O)c2c[nH]c3ncc(-c4nn(CC(=O)O)c5cc(Cl)ccc45)nc23)C1. The molecule has 0 unspecified atom stereocenters. The number of halogens is 1. The van der Waals surface area contributed by atoms with Gasteiger partial charge in [0, 0.05) is 29.7 Å². The van der Waals surface area contributed by atoms with Crippen LogP contribution in [0.3, 0.4) is 0 Å². The van der Waals surface area contributed by atoms with Crippen molar-refractivity contribution in [2.45, 2.75) is 6.54 Å². The molecule has 1 saturated heterocycles. The van der Waals surface area contributed by atoms with Gasteiger partial charge in [-0.25, -0.2) is 9.97 Å². The predicted molar refractivity (Wildman–Crippen MR) is 123 cm³/mol. The number of aromatic nitrogens is 5. The van der Waals surface area contributed by atoms with E-state index in [0.717, 1.165) is 0 Å². The van der Waals surface area contributed by atoms with Crippen molar-refractivity contribution in [3.63, 3.8) is 0 Å². The van der Waals surface area contributed by atoms with Crippen LogP contribution in [0.4, 0.5) is 0 Å². The van der Waals surface area contributed by atoms with Gasteiger partial charge in [0.15, 0.2) is 5.65 Å². The lowest BCUT2D eigenvalue weighted by atomic mass is 10.0. The summed E-state index contributed by atoms with van der Waals surface area (Å²) in [6.45, 7) is 0.147. The second-order valence-corrected chi connectivity index (χ2v) is 8.46. The monoisotopic (exact) mass is 492 g/mol. The lowest BCUT2D eigenvalue weighted by Gasteiger charge is -2.35. The van der Waals surface area contributed by atoms with Gasteiger partial charge in [0.1, 0.15) is 23.4 Å². The van der Waals surface area contributed by atoms with Gasteiger partial charge in [-0.05, 0) is 18.2 Å². The number of hydrogen-bond acceptors (Lipinski definition) is 7. The number of benzene rings is 1. The Morgan fingerprint density at radius 2 is 2.11 bits per heavy atom. The van der Waals surface area contributed by atoms with Crippen molar-refractivity contribution in [2.24, 2.45) is 5.92 Å². The van der Waals surface area contributed by atoms with E-state index in [1.165, 1.54) is 22.0 Å². The van der Waals surface area contributed by atoms with Gasteiger partial charge in [-0.15, -0.1) is 0 Å². The van der Waals surface area contributed by atoms with E-state index >= 15 is 0 Å². The third kappa shape index (κ3) is 4.13. The molecule has 0 spiro atoms. The van der Waals surface area contributed by atoms with Crippen LogP contribution in [0.5, 0.6) is 0 Å². The maximum Gasteiger partial charge on any atom is 0.325 e. The molecule has 5 rings (SSSR count). The molecule has 2 amide bonds. The molecule has 176 valence electrons. The molecule has 0 saturated carbocycles. The second-order valence-electron chi connectivity index (χ2n) is 8.02. The Hall–Kier alpha value is -4.50. The lowest BCUT2D eigenvalue weighted by molar-refractivity contribution is -0.138. The fourth-order valence-corrected chi connectivity index (χ4v) is 4.06. The van der Waals surface area contributed by atoms with E-state index in [1.54, 1.807) is 18.2 Å². The van der Waals surface area contributed by atoms with Crippen LogP contribution in [-0.4, -0.2) is 72.2 Å². The first-order chi connectivity index (χ1) is 16.8. The van der Waals surface area contributed by atoms with Gasteiger partial charge in [-0.3, -0.25) is 19.1 Å². The number of rotatable bonds is 6. The fraction of sp³-hybridized carbons (Fsp3) is 0.227. The lowest BCUT2D eigenvalue weighted by Crippen LogP contribution is -2.52. The van der Waals surface area contributed by atoms with Crippen LogP contribution >= 0.6 is 11.6 Å². The van der Waals surface area contributed by atoms with E-state index in [-0.39, 0.29) is 36.0 Å². The quantitative estimate of drug-likeness (QED) is 0.363. The maximum absolute atomic E-state index is 12.8. The minimum Gasteiger partial charge on any atom is -0.480 e. The van der Waals surface area contributed by atoms with E-state index in [0.29, 0.717) is 46.1 Å². The predicted octanol–water partition coefficient (Wildman–Crippen LogP) is 1.42. The summed E-state index contributed by atoms with van der Waals surface area (Å²) in [5, 5.41) is 26.1. The zero-order chi connectivity index (χ0) is 24.7. The summed E-state index contributed by atoms with van der Waals surface area (Å²) < 4.78 is 1.31. The van der Waals surface area contributed by atoms with Gasteiger partial charge in [0.05, 0.1) is 35.8 Å². The highest BCUT2D eigenvalue weighted by molar-refractivity contribution is 6.31. The molecule has 12 nitrogen and oxygen atoms in total. The van der Waals surface area contributed by atoms with E-state index in [9.17, 15) is 19.5 Å². The van der Waals surface area contributed by atoms with Crippen molar-refractivity contribution in [3.05, 3.63) is 41.2 Å². The zero-order valence-electron chi connectivity index (χ0n) is 18.0. The number of carboxylic acids is 1. The molecule has 1 aromatic carbocycles. The molecule has 4 aromatic rings. The van der Waals surface area contributed by atoms with Gasteiger partial charge < -0.3 is 20.3 Å². The number of carbonyl (C=O) groups excluding carboxylic acids is 2. The number of carboxylic acid groups (broad SMARTS) is 1. The summed E-state index contributed by atoms with van der Waals surface area (Å²) in [5.74, 6) is -2.02. The van der Waals surface area contributed by atoms with Gasteiger partial charge in [-0.2, -0.15) is 10.4 Å². The fourth-order valence-electron chi connectivity index (χ4n) is 3.89. The van der Waals surface area contributed by atoms with Crippen LogP contribution in [0, 0.1) is 17.2 Å². The molecular weight excluding hydrogens is 476 g/mol. The number of carbonyl (C=O) groups is 3. The first-order valence-electron chi connectivity index (χ1n) is 10.5. The van der Waals surface area contributed by atoms with E-state index in [4.69, 9.17) is 16.9 Å². The van der Waals surface area contributed by atoms with E-state index in [2.05, 4.69) is 31.4 Å². The van der Waals surface area contributed by atoms with Crippen LogP contribution in [0.2, 0.25) is 5.02 Å². The largest absolute Gasteiger partial charge is 0.480 e. The number of fused-ring (bicyclic) bond motifs is 2. The molecule has 0 atom stereocenters. The first-order valence-corrected chi connectivity index (χ1v) is 10.9. The minimum atomic E-state index is -1.07. The second kappa shape index (κ2) is 8.69. The number of hydrogen-bond donors (Lipinski definition) is 3. The molecule has 3 aromatic heterocycles. The van der Waals surface area contributed by atoms with Crippen LogP contribution < -0.4 is 5.32 Å². The van der Waals surface area contributed by atoms with Crippen molar-refractivity contribution >= 4 is 51.5 Å². The Labute approximate surface area is 202 Å². The Bertz CT molecular complexity index is 1550. The summed E-state index contributed by atoms with van der Waals surface area (Å²) in [6, 6.07) is 7.09. The number of nitrogens with one attached hydrogen (secondary N) is 2. The molecule has 3 N–H and O–H groups in total. The number of H-pyrrole nitrogens is 1. The third-order valence-electron chi connectivity index (χ3n) is 5.68. The average molecular weight is 493 g/mol. The summed E-state index contributed by atoms with van der Waals surface area (Å²) in [5.41, 5.74) is 2.07. The smallest absolute Gasteiger partial charge is 0.325 e. The number of nitriles is 1. The van der Waals surface area contributed by atoms with Crippen molar-refractivity contribution in [1.82, 2.24) is 34.9 Å². The molecule has 1 fully saturated rings. The Morgan fingerprint density at radius 3 is 2.86 bits per heavy atom. The van der Waals surface area contributed by atoms with Crippen LogP contribution in [0.1, 0.15) is 10.4 Å². The molecule has 1 aliphatic rings. The number of aromatic amines is 1. The highest BCUT2D eigenvalue weighted by atomic mass is 35.5. The molecule has 0 radical (unpaired) electrons. The topological polar surface area (TPSA) is 170 Å². The Kier molecular flexibility index (Phi) is 5.54. The number of nitrogens with zero attached hydrogens (tertiary/aromatic N) is 6. The minimum absolute atomic E-state index is 0.164. The van der Waals surface area contributed by atoms with Crippen molar-refractivity contribution < 1.29 is 19.5 Å². The van der Waals surface area contributed by atoms with Crippen LogP contribution in [-0.2, 0) is 16.1 Å². The molecule has 0 bridgehead atoms. The molecule has 35 heavy (non-hydrogen) atoms. The number of amides is 2. The third-order valence-corrected chi connectivity index (χ3v) is 5.92. The van der Waals surface area contributed by atoms with E-state index < -0.39 is 11.9 Å². The van der Waals surface area contributed by atoms with Gasteiger partial charge in [0.2, 0.25) is 5.91 Å². The first kappa shape index (κ1) is 22.3. The van der Waals surface area contributed by atoms with Crippen molar-refractivity contribution in [2.75, 3.05) is 19.6 Å². The van der Waals surface area contributed by atoms with E-state index in [1.807, 2.05) is 0 Å². The highest BCUT2D eigenvalue weighted by Crippen LogP contribution is 2.30. The van der Waals surface area contributed by atoms with Gasteiger partial charge >= 0.3 is 5.97 Å². The van der Waals surface area contributed by atoms with Crippen molar-refractivity contribution in [1.29, 1.82) is 5.26 Å². The molecular formula is C22H17ClN8O4. The Balaban J connectivity index is 1.43. The molecule has 1 aliphatic heterocycles. The average Bonchev–Trinajstić information content (AvgIpc) is 3.37. The summed E-state index contributed by atoms with van der Waals surface area (Å²) in [4.78, 5) is 49.5. The van der Waals surface area contributed by atoms with Crippen LogP contribution in [0.15, 0.2) is 30.6 Å². The summed E-state index contributed by atoms with van der Waals surface area (Å²) in [6.07, 6.45) is 2.92. The summed E-state index contributed by atoms with van der Waals surface area (Å²) in [7, 11) is 0.